The van der Waals surface area contributed by atoms with E-state index in [0.29, 0.717) is 17.8 Å². The van der Waals surface area contributed by atoms with Crippen molar-refractivity contribution in [1.82, 2.24) is 15.5 Å². The Bertz CT molecular complexity index is 727. The van der Waals surface area contributed by atoms with E-state index in [1.807, 2.05) is 26.8 Å². The Balaban J connectivity index is 2.02. The average Bonchev–Trinajstić information content (AvgIpc) is 3.09. The molecule has 0 saturated carbocycles. The van der Waals surface area contributed by atoms with Crippen LogP contribution in [0.4, 0.5) is 0 Å². The summed E-state index contributed by atoms with van der Waals surface area (Å²) in [6.45, 7) is 7.36. The van der Waals surface area contributed by atoms with Gasteiger partial charge >= 0.3 is 5.97 Å². The van der Waals surface area contributed by atoms with Crippen molar-refractivity contribution in [3.05, 3.63) is 47.6 Å². The zero-order chi connectivity index (χ0) is 19.1. The number of nitrogens with zero attached hydrogens (tertiary/aromatic N) is 2. The number of ether oxygens (including phenoxy) is 1. The summed E-state index contributed by atoms with van der Waals surface area (Å²) in [5.74, 6) is -0.161. The predicted octanol–water partition coefficient (Wildman–Crippen LogP) is 3.08. The summed E-state index contributed by atoms with van der Waals surface area (Å²) in [6.07, 6.45) is 0.912. The largest absolute Gasteiger partial charge is 0.451 e. The second-order valence-corrected chi connectivity index (χ2v) is 6.44. The van der Waals surface area contributed by atoms with E-state index in [4.69, 9.17) is 9.26 Å². The van der Waals surface area contributed by atoms with Crippen molar-refractivity contribution in [3.63, 3.8) is 0 Å². The highest BCUT2D eigenvalue weighted by atomic mass is 16.6. The van der Waals surface area contributed by atoms with Crippen LogP contribution in [-0.4, -0.2) is 28.1 Å². The van der Waals surface area contributed by atoms with Crippen LogP contribution in [-0.2, 0) is 16.0 Å². The molecule has 26 heavy (non-hydrogen) atoms. The summed E-state index contributed by atoms with van der Waals surface area (Å²) in [7, 11) is 0. The Morgan fingerprint density at radius 3 is 2.50 bits per heavy atom. The normalized spacial score (nSPS) is 13.3. The molecule has 0 fully saturated rings. The quantitative estimate of drug-likeness (QED) is 0.728. The van der Waals surface area contributed by atoms with Gasteiger partial charge in [0.05, 0.1) is 0 Å². The highest BCUT2D eigenvalue weighted by molar-refractivity contribution is 5.96. The molecule has 0 aliphatic rings. The molecule has 2 aromatic rings. The van der Waals surface area contributed by atoms with Gasteiger partial charge in [0.25, 0.3) is 11.8 Å². The number of aromatic nitrogens is 2. The number of aryl methyl sites for hydroxylation is 1. The highest BCUT2D eigenvalue weighted by Crippen LogP contribution is 2.17. The standard InChI is InChI=1S/C19H25N3O4/c1-5-9-15-20-18(26-22-15)13(4)25-19(24)16(12(2)3)21-17(23)14-10-7-6-8-11-14/h6-8,10-13,16H,5,9H2,1-4H3,(H,21,23)/t13?,16-/m0/s1. The maximum Gasteiger partial charge on any atom is 0.329 e. The van der Waals surface area contributed by atoms with Crippen molar-refractivity contribution in [2.24, 2.45) is 5.92 Å². The lowest BCUT2D eigenvalue weighted by Gasteiger charge is -2.22. The molecule has 1 amide bonds. The van der Waals surface area contributed by atoms with Crippen LogP contribution in [0.25, 0.3) is 0 Å². The molecule has 1 unspecified atom stereocenters. The van der Waals surface area contributed by atoms with E-state index >= 15 is 0 Å². The number of rotatable bonds is 8. The first-order chi connectivity index (χ1) is 12.4. The van der Waals surface area contributed by atoms with Gasteiger partial charge in [0.15, 0.2) is 11.9 Å². The summed E-state index contributed by atoms with van der Waals surface area (Å²) < 4.78 is 10.6. The van der Waals surface area contributed by atoms with Gasteiger partial charge in [0, 0.05) is 12.0 Å². The lowest BCUT2D eigenvalue weighted by Crippen LogP contribution is -2.45. The molecule has 1 heterocycles. The topological polar surface area (TPSA) is 94.3 Å². The minimum Gasteiger partial charge on any atom is -0.451 e. The van der Waals surface area contributed by atoms with Crippen LogP contribution >= 0.6 is 0 Å². The van der Waals surface area contributed by atoms with Gasteiger partial charge in [-0.1, -0.05) is 44.1 Å². The number of benzene rings is 1. The van der Waals surface area contributed by atoms with Crippen LogP contribution in [0.15, 0.2) is 34.9 Å². The van der Waals surface area contributed by atoms with Crippen LogP contribution in [0.1, 0.15) is 62.3 Å². The molecule has 7 heteroatoms. The van der Waals surface area contributed by atoms with Crippen LogP contribution < -0.4 is 5.32 Å². The summed E-state index contributed by atoms with van der Waals surface area (Å²) in [5.41, 5.74) is 0.486. The zero-order valence-corrected chi connectivity index (χ0v) is 15.6. The fraction of sp³-hybridized carbons (Fsp3) is 0.474. The Hall–Kier alpha value is -2.70. The highest BCUT2D eigenvalue weighted by Gasteiger charge is 2.29. The fourth-order valence-electron chi connectivity index (χ4n) is 2.37. The Morgan fingerprint density at radius 1 is 1.19 bits per heavy atom. The molecule has 1 aromatic carbocycles. The zero-order valence-electron chi connectivity index (χ0n) is 15.6. The van der Waals surface area contributed by atoms with E-state index in [1.54, 1.807) is 31.2 Å². The van der Waals surface area contributed by atoms with E-state index in [0.717, 1.165) is 6.42 Å². The van der Waals surface area contributed by atoms with Crippen molar-refractivity contribution in [2.75, 3.05) is 0 Å². The van der Waals surface area contributed by atoms with Crippen molar-refractivity contribution in [3.8, 4) is 0 Å². The molecule has 2 rings (SSSR count). The SMILES string of the molecule is CCCc1noc(C(C)OC(=O)[C@@H](NC(=O)c2ccccc2)C(C)C)n1. The molecule has 2 atom stereocenters. The van der Waals surface area contributed by atoms with E-state index in [9.17, 15) is 9.59 Å². The lowest BCUT2D eigenvalue weighted by atomic mass is 10.0. The van der Waals surface area contributed by atoms with E-state index in [1.165, 1.54) is 0 Å². The fourth-order valence-corrected chi connectivity index (χ4v) is 2.37. The third-order valence-electron chi connectivity index (χ3n) is 3.84. The van der Waals surface area contributed by atoms with E-state index < -0.39 is 18.1 Å². The van der Waals surface area contributed by atoms with Gasteiger partial charge in [-0.15, -0.1) is 0 Å². The lowest BCUT2D eigenvalue weighted by molar-refractivity contribution is -0.153. The van der Waals surface area contributed by atoms with Gasteiger partial charge in [-0.3, -0.25) is 4.79 Å². The molecule has 0 aliphatic heterocycles. The monoisotopic (exact) mass is 359 g/mol. The first kappa shape index (κ1) is 19.6. The summed E-state index contributed by atoms with van der Waals surface area (Å²) >= 11 is 0. The summed E-state index contributed by atoms with van der Waals surface area (Å²) in [4.78, 5) is 29.1. The average molecular weight is 359 g/mol. The molecule has 0 spiro atoms. The number of hydrogen-bond acceptors (Lipinski definition) is 6. The van der Waals surface area contributed by atoms with Crippen molar-refractivity contribution in [2.45, 2.75) is 52.7 Å². The van der Waals surface area contributed by atoms with E-state index in [-0.39, 0.29) is 17.7 Å². The van der Waals surface area contributed by atoms with Crippen molar-refractivity contribution < 1.29 is 18.8 Å². The summed E-state index contributed by atoms with van der Waals surface area (Å²) in [5, 5.41) is 6.59. The minimum atomic E-state index is -0.775. The van der Waals surface area contributed by atoms with Gasteiger partial charge < -0.3 is 14.6 Å². The molecular weight excluding hydrogens is 334 g/mol. The number of carbonyl (C=O) groups is 2. The second-order valence-electron chi connectivity index (χ2n) is 6.44. The van der Waals surface area contributed by atoms with Crippen molar-refractivity contribution >= 4 is 11.9 Å². The molecular formula is C19H25N3O4. The Kier molecular flexibility index (Phi) is 6.89. The molecule has 140 valence electrons. The summed E-state index contributed by atoms with van der Waals surface area (Å²) in [6, 6.07) is 7.96. The molecule has 1 N–H and O–H groups in total. The molecule has 0 radical (unpaired) electrons. The first-order valence-electron chi connectivity index (χ1n) is 8.81. The molecule has 0 saturated heterocycles. The number of nitrogens with one attached hydrogen (secondary N) is 1. The minimum absolute atomic E-state index is 0.138. The molecule has 7 nitrogen and oxygen atoms in total. The van der Waals surface area contributed by atoms with Crippen LogP contribution in [0.5, 0.6) is 0 Å². The second kappa shape index (κ2) is 9.12. The van der Waals surface area contributed by atoms with Gasteiger partial charge in [-0.2, -0.15) is 4.98 Å². The van der Waals surface area contributed by atoms with E-state index in [2.05, 4.69) is 15.5 Å². The van der Waals surface area contributed by atoms with Crippen LogP contribution in [0.2, 0.25) is 0 Å². The molecule has 0 aliphatic carbocycles. The Labute approximate surface area is 153 Å². The third kappa shape index (κ3) is 5.15. The molecule has 1 aromatic heterocycles. The number of esters is 1. The number of hydrogen-bond donors (Lipinski definition) is 1. The van der Waals surface area contributed by atoms with Crippen molar-refractivity contribution in [1.29, 1.82) is 0 Å². The van der Waals surface area contributed by atoms with Gasteiger partial charge in [0.2, 0.25) is 0 Å². The number of carbonyl (C=O) groups excluding carboxylic acids is 2. The van der Waals surface area contributed by atoms with Gasteiger partial charge in [-0.05, 0) is 31.4 Å². The maximum atomic E-state index is 12.5. The van der Waals surface area contributed by atoms with Crippen LogP contribution in [0.3, 0.4) is 0 Å². The first-order valence-corrected chi connectivity index (χ1v) is 8.81. The smallest absolute Gasteiger partial charge is 0.329 e. The number of amides is 1. The maximum absolute atomic E-state index is 12.5. The van der Waals surface area contributed by atoms with Crippen LogP contribution in [0, 0.1) is 5.92 Å². The van der Waals surface area contributed by atoms with Gasteiger partial charge in [0.1, 0.15) is 6.04 Å². The predicted molar refractivity (Wildman–Crippen MR) is 95.3 cm³/mol. The van der Waals surface area contributed by atoms with Gasteiger partial charge in [-0.25, -0.2) is 4.79 Å². The third-order valence-corrected chi connectivity index (χ3v) is 3.84. The molecule has 0 bridgehead atoms. The Morgan fingerprint density at radius 2 is 1.88 bits per heavy atom.